The van der Waals surface area contributed by atoms with E-state index in [2.05, 4.69) is 25.3 Å². The van der Waals surface area contributed by atoms with Gasteiger partial charge in [-0.05, 0) is 17.6 Å². The van der Waals surface area contributed by atoms with Crippen LogP contribution in [0, 0.1) is 0 Å². The largest absolute Gasteiger partial charge is 0.295 e. The van der Waals surface area contributed by atoms with Crippen molar-refractivity contribution in [1.29, 1.82) is 0 Å². The molecule has 1 aromatic heterocycles. The van der Waals surface area contributed by atoms with Crippen LogP contribution in [0.2, 0.25) is 0 Å². The van der Waals surface area contributed by atoms with Gasteiger partial charge in [-0.2, -0.15) is 4.37 Å². The Morgan fingerprint density at radius 1 is 1.44 bits per heavy atom. The highest BCUT2D eigenvalue weighted by Gasteiger charge is 2.13. The Labute approximate surface area is 104 Å². The van der Waals surface area contributed by atoms with Gasteiger partial charge in [-0.25, -0.2) is 10.8 Å². The van der Waals surface area contributed by atoms with E-state index in [-0.39, 0.29) is 5.01 Å². The fourth-order valence-electron chi connectivity index (χ4n) is 1.13. The van der Waals surface area contributed by atoms with Gasteiger partial charge in [0.2, 0.25) is 5.01 Å². The van der Waals surface area contributed by atoms with E-state index < -0.39 is 5.91 Å². The predicted octanol–water partition coefficient (Wildman–Crippen LogP) is 1.57. The molecule has 7 heteroatoms. The van der Waals surface area contributed by atoms with Gasteiger partial charge in [0.25, 0.3) is 5.91 Å². The van der Waals surface area contributed by atoms with Crippen molar-refractivity contribution in [2.75, 3.05) is 0 Å². The molecule has 0 bridgehead atoms. The van der Waals surface area contributed by atoms with Crippen molar-refractivity contribution in [3.63, 3.8) is 0 Å². The molecule has 0 aliphatic heterocycles. The van der Waals surface area contributed by atoms with Crippen LogP contribution < -0.4 is 11.3 Å². The van der Waals surface area contributed by atoms with Gasteiger partial charge >= 0.3 is 0 Å². The Bertz CT molecular complexity index is 528. The zero-order valence-corrected chi connectivity index (χ0v) is 10.4. The van der Waals surface area contributed by atoms with Crippen LogP contribution in [0.1, 0.15) is 9.80 Å². The van der Waals surface area contributed by atoms with Crippen LogP contribution in [0.5, 0.6) is 0 Å². The second kappa shape index (κ2) is 4.69. The summed E-state index contributed by atoms with van der Waals surface area (Å²) in [4.78, 5) is 15.3. The molecule has 2 aromatic rings. The highest BCUT2D eigenvalue weighted by atomic mass is 79.9. The maximum atomic E-state index is 11.2. The Balaban J connectivity index is 2.39. The number of nitrogens with one attached hydrogen (secondary N) is 1. The van der Waals surface area contributed by atoms with Crippen LogP contribution in [-0.2, 0) is 0 Å². The maximum Gasteiger partial charge on any atom is 0.295 e. The van der Waals surface area contributed by atoms with E-state index in [4.69, 9.17) is 5.84 Å². The van der Waals surface area contributed by atoms with Crippen molar-refractivity contribution < 1.29 is 4.79 Å². The minimum atomic E-state index is -0.434. The Kier molecular flexibility index (Phi) is 3.28. The second-order valence-electron chi connectivity index (χ2n) is 2.88. The first-order valence-electron chi connectivity index (χ1n) is 4.32. The Hall–Kier alpha value is -1.31. The topological polar surface area (TPSA) is 80.9 Å². The lowest BCUT2D eigenvalue weighted by Crippen LogP contribution is -2.29. The van der Waals surface area contributed by atoms with Gasteiger partial charge < -0.3 is 0 Å². The van der Waals surface area contributed by atoms with Gasteiger partial charge in [-0.15, -0.1) is 0 Å². The molecule has 0 atom stereocenters. The molecule has 0 saturated heterocycles. The number of nitrogen functional groups attached to an aromatic ring is 1. The highest BCUT2D eigenvalue weighted by molar-refractivity contribution is 9.10. The molecule has 5 nitrogen and oxygen atoms in total. The Morgan fingerprint density at radius 2 is 2.19 bits per heavy atom. The monoisotopic (exact) mass is 298 g/mol. The number of amides is 1. The number of halogens is 1. The van der Waals surface area contributed by atoms with Crippen LogP contribution in [0.15, 0.2) is 28.7 Å². The Morgan fingerprint density at radius 3 is 2.88 bits per heavy atom. The number of aromatic nitrogens is 2. The number of rotatable bonds is 2. The summed E-state index contributed by atoms with van der Waals surface area (Å²) >= 11 is 4.41. The first-order valence-corrected chi connectivity index (χ1v) is 5.88. The summed E-state index contributed by atoms with van der Waals surface area (Å²) in [5, 5.41) is 0.244. The van der Waals surface area contributed by atoms with Crippen molar-refractivity contribution >= 4 is 33.4 Å². The second-order valence-corrected chi connectivity index (χ2v) is 4.48. The standard InChI is InChI=1S/C9H7BrN4OS/c10-6-4-2-1-3-5(6)7-12-9(16-14-7)8(15)13-11/h1-4H,11H2,(H,13,15). The average molecular weight is 299 g/mol. The molecule has 0 aliphatic rings. The van der Waals surface area contributed by atoms with Gasteiger partial charge in [0, 0.05) is 10.0 Å². The smallest absolute Gasteiger partial charge is 0.288 e. The average Bonchev–Trinajstić information content (AvgIpc) is 2.78. The van der Waals surface area contributed by atoms with Crippen molar-refractivity contribution in [1.82, 2.24) is 14.8 Å². The number of nitrogens with zero attached hydrogens (tertiary/aromatic N) is 2. The molecular weight excluding hydrogens is 292 g/mol. The van der Waals surface area contributed by atoms with Gasteiger partial charge in [0.1, 0.15) is 0 Å². The van der Waals surface area contributed by atoms with E-state index in [9.17, 15) is 4.79 Å². The summed E-state index contributed by atoms with van der Waals surface area (Å²) in [6.07, 6.45) is 0. The molecule has 1 amide bonds. The third-order valence-electron chi connectivity index (χ3n) is 1.87. The highest BCUT2D eigenvalue weighted by Crippen LogP contribution is 2.26. The fraction of sp³-hybridized carbons (Fsp3) is 0. The summed E-state index contributed by atoms with van der Waals surface area (Å²) in [5.74, 6) is 5.09. The van der Waals surface area contributed by atoms with E-state index in [1.807, 2.05) is 29.7 Å². The normalized spacial score (nSPS) is 10.1. The number of nitrogens with two attached hydrogens (primary N) is 1. The zero-order valence-electron chi connectivity index (χ0n) is 7.98. The number of carbonyl (C=O) groups excluding carboxylic acids is 1. The minimum absolute atomic E-state index is 0.244. The van der Waals surface area contributed by atoms with E-state index in [0.717, 1.165) is 21.6 Å². The third-order valence-corrected chi connectivity index (χ3v) is 3.27. The number of hydrogen-bond donors (Lipinski definition) is 2. The molecule has 0 unspecified atom stereocenters. The third kappa shape index (κ3) is 2.11. The molecule has 0 aliphatic carbocycles. The van der Waals surface area contributed by atoms with Gasteiger partial charge in [0.15, 0.2) is 5.82 Å². The molecule has 0 radical (unpaired) electrons. The van der Waals surface area contributed by atoms with E-state index in [0.29, 0.717) is 5.82 Å². The molecule has 2 rings (SSSR count). The SMILES string of the molecule is NNC(=O)c1nc(-c2ccccc2Br)ns1. The van der Waals surface area contributed by atoms with Gasteiger partial charge in [-0.1, -0.05) is 34.1 Å². The lowest BCUT2D eigenvalue weighted by Gasteiger charge is -1.97. The van der Waals surface area contributed by atoms with Crippen molar-refractivity contribution in [2.24, 2.45) is 5.84 Å². The summed E-state index contributed by atoms with van der Waals surface area (Å²) in [7, 11) is 0. The molecule has 0 fully saturated rings. The van der Waals surface area contributed by atoms with Crippen LogP contribution in [0.25, 0.3) is 11.4 Å². The minimum Gasteiger partial charge on any atom is -0.288 e. The first-order chi connectivity index (χ1) is 7.72. The summed E-state index contributed by atoms with van der Waals surface area (Å²) in [5.41, 5.74) is 2.86. The number of benzene rings is 1. The number of hydrazine groups is 1. The van der Waals surface area contributed by atoms with Crippen LogP contribution in [0.3, 0.4) is 0 Å². The zero-order chi connectivity index (χ0) is 11.5. The van der Waals surface area contributed by atoms with Crippen molar-refractivity contribution in [3.05, 3.63) is 33.7 Å². The van der Waals surface area contributed by atoms with Crippen LogP contribution >= 0.6 is 27.5 Å². The number of hydrogen-bond acceptors (Lipinski definition) is 5. The molecule has 82 valence electrons. The molecule has 16 heavy (non-hydrogen) atoms. The molecular formula is C9H7BrN4OS. The fourth-order valence-corrected chi connectivity index (χ4v) is 2.17. The van der Waals surface area contributed by atoms with Gasteiger partial charge in [0.05, 0.1) is 0 Å². The number of carbonyl (C=O) groups is 1. The van der Waals surface area contributed by atoms with Crippen molar-refractivity contribution in [2.45, 2.75) is 0 Å². The van der Waals surface area contributed by atoms with E-state index in [1.165, 1.54) is 0 Å². The molecule has 0 saturated carbocycles. The summed E-state index contributed by atoms with van der Waals surface area (Å²) in [6.45, 7) is 0. The molecule has 0 spiro atoms. The molecule has 3 N–H and O–H groups in total. The van der Waals surface area contributed by atoms with Crippen LogP contribution in [0.4, 0.5) is 0 Å². The van der Waals surface area contributed by atoms with E-state index >= 15 is 0 Å². The van der Waals surface area contributed by atoms with Crippen LogP contribution in [-0.4, -0.2) is 15.3 Å². The predicted molar refractivity (Wildman–Crippen MR) is 64.7 cm³/mol. The summed E-state index contributed by atoms with van der Waals surface area (Å²) in [6, 6.07) is 7.53. The van der Waals surface area contributed by atoms with Gasteiger partial charge in [-0.3, -0.25) is 10.2 Å². The maximum absolute atomic E-state index is 11.2. The summed E-state index contributed by atoms with van der Waals surface area (Å²) < 4.78 is 4.98. The quantitative estimate of drug-likeness (QED) is 0.501. The molecule has 1 heterocycles. The first kappa shape index (κ1) is 11.2. The van der Waals surface area contributed by atoms with E-state index in [1.54, 1.807) is 0 Å². The lowest BCUT2D eigenvalue weighted by atomic mass is 10.2. The van der Waals surface area contributed by atoms with Crippen molar-refractivity contribution in [3.8, 4) is 11.4 Å². The lowest BCUT2D eigenvalue weighted by molar-refractivity contribution is 0.0953. The molecule has 1 aromatic carbocycles.